The molecule has 3 aliphatic heterocycles. The van der Waals surface area contributed by atoms with Gasteiger partial charge in [0.05, 0.1) is 24.6 Å². The number of rotatable bonds is 4. The third kappa shape index (κ3) is 4.51. The molecule has 1 aromatic carbocycles. The molecule has 12 heteroatoms. The Kier molecular flexibility index (Phi) is 7.11. The van der Waals surface area contributed by atoms with Crippen molar-refractivity contribution < 1.29 is 33.4 Å². The van der Waals surface area contributed by atoms with Gasteiger partial charge in [0.25, 0.3) is 5.91 Å². The number of benzene rings is 1. The highest BCUT2D eigenvalue weighted by molar-refractivity contribution is 6.35. The predicted octanol–water partition coefficient (Wildman–Crippen LogP) is 3.26. The molecule has 212 valence electrons. The fourth-order valence-electron chi connectivity index (χ4n) is 5.83. The third-order valence-corrected chi connectivity index (χ3v) is 8.19. The molecule has 0 radical (unpaired) electrons. The highest BCUT2D eigenvalue weighted by atomic mass is 35.5. The standard InChI is InChI=1S/C28H30ClFN4O6/c1-5-19(36)32-9-10-33-16(13-32)14-40-24-21(26(33)37)25(34-12-15(27(38)39-4)11-28(34,2)3)31-23(22(24)29)20-17(30)7-6-8-18(20)35/h5-8,15-16,35H,1,9-14H2,2-4H3/t15?,16-/m1/s1. The maximum absolute atomic E-state index is 15.1. The Morgan fingerprint density at radius 1 is 1.27 bits per heavy atom. The second-order valence-electron chi connectivity index (χ2n) is 10.7. The van der Waals surface area contributed by atoms with Crippen LogP contribution in [0.1, 0.15) is 30.6 Å². The first kappa shape index (κ1) is 27.7. The van der Waals surface area contributed by atoms with Crippen LogP contribution in [0.5, 0.6) is 11.5 Å². The van der Waals surface area contributed by atoms with E-state index in [9.17, 15) is 19.5 Å². The topological polar surface area (TPSA) is 113 Å². The number of methoxy groups -OCH3 is 1. The van der Waals surface area contributed by atoms with E-state index >= 15 is 4.39 Å². The maximum Gasteiger partial charge on any atom is 0.310 e. The van der Waals surface area contributed by atoms with Gasteiger partial charge in [0.1, 0.15) is 40.3 Å². The molecule has 1 unspecified atom stereocenters. The number of pyridine rings is 1. The third-order valence-electron chi connectivity index (χ3n) is 7.84. The number of phenols is 1. The number of halogens is 2. The Labute approximate surface area is 235 Å². The van der Waals surface area contributed by atoms with Crippen molar-refractivity contribution in [3.63, 3.8) is 0 Å². The lowest BCUT2D eigenvalue weighted by Crippen LogP contribution is -2.57. The van der Waals surface area contributed by atoms with E-state index in [2.05, 4.69) is 6.58 Å². The summed E-state index contributed by atoms with van der Waals surface area (Å²) in [4.78, 5) is 48.7. The molecule has 3 aliphatic rings. The van der Waals surface area contributed by atoms with Crippen molar-refractivity contribution in [1.29, 1.82) is 0 Å². The Bertz CT molecular complexity index is 1400. The van der Waals surface area contributed by atoms with Crippen molar-refractivity contribution in [2.24, 2.45) is 5.92 Å². The Hall–Kier alpha value is -3.86. The first-order chi connectivity index (χ1) is 19.0. The number of anilines is 1. The lowest BCUT2D eigenvalue weighted by atomic mass is 9.96. The van der Waals surface area contributed by atoms with Crippen LogP contribution in [0.3, 0.4) is 0 Å². The summed E-state index contributed by atoms with van der Waals surface area (Å²) in [5, 5.41) is 10.5. The van der Waals surface area contributed by atoms with Crippen LogP contribution in [0.25, 0.3) is 11.3 Å². The molecule has 0 aliphatic carbocycles. The monoisotopic (exact) mass is 572 g/mol. The van der Waals surface area contributed by atoms with Gasteiger partial charge in [-0.3, -0.25) is 14.4 Å². The minimum Gasteiger partial charge on any atom is -0.507 e. The van der Waals surface area contributed by atoms with Gasteiger partial charge in [-0.1, -0.05) is 24.2 Å². The van der Waals surface area contributed by atoms with Crippen LogP contribution in [0.4, 0.5) is 10.2 Å². The first-order valence-corrected chi connectivity index (χ1v) is 13.3. The van der Waals surface area contributed by atoms with E-state index in [1.165, 1.54) is 31.4 Å². The van der Waals surface area contributed by atoms with Crippen LogP contribution in [-0.2, 0) is 14.3 Å². The number of aromatic nitrogens is 1. The zero-order valence-electron chi connectivity index (χ0n) is 22.4. The summed E-state index contributed by atoms with van der Waals surface area (Å²) in [7, 11) is 1.32. The van der Waals surface area contributed by atoms with Crippen molar-refractivity contribution in [2.75, 3.05) is 44.8 Å². The number of carbonyl (C=O) groups is 3. The smallest absolute Gasteiger partial charge is 0.310 e. The Balaban J connectivity index is 1.70. The van der Waals surface area contributed by atoms with Gasteiger partial charge in [-0.15, -0.1) is 0 Å². The number of ether oxygens (including phenoxy) is 2. The minimum absolute atomic E-state index is 0.00244. The molecule has 5 rings (SSSR count). The molecule has 2 saturated heterocycles. The van der Waals surface area contributed by atoms with Gasteiger partial charge in [-0.2, -0.15) is 0 Å². The van der Waals surface area contributed by atoms with Gasteiger partial charge in [0, 0.05) is 31.7 Å². The summed E-state index contributed by atoms with van der Waals surface area (Å²) in [6.45, 7) is 8.33. The van der Waals surface area contributed by atoms with Crippen LogP contribution in [0.15, 0.2) is 30.9 Å². The number of aromatic hydroxyl groups is 1. The zero-order valence-corrected chi connectivity index (χ0v) is 23.2. The predicted molar refractivity (Wildman–Crippen MR) is 145 cm³/mol. The molecule has 0 bridgehead atoms. The average molecular weight is 573 g/mol. The van der Waals surface area contributed by atoms with Gasteiger partial charge in [0.15, 0.2) is 5.75 Å². The first-order valence-electron chi connectivity index (χ1n) is 12.9. The van der Waals surface area contributed by atoms with E-state index in [0.717, 1.165) is 0 Å². The second kappa shape index (κ2) is 10.3. The summed E-state index contributed by atoms with van der Waals surface area (Å²) < 4.78 is 26.2. The van der Waals surface area contributed by atoms with Crippen molar-refractivity contribution in [2.45, 2.75) is 31.8 Å². The van der Waals surface area contributed by atoms with Gasteiger partial charge in [-0.25, -0.2) is 9.37 Å². The van der Waals surface area contributed by atoms with Crippen molar-refractivity contribution in [3.8, 4) is 22.8 Å². The number of fused-ring (bicyclic) bond motifs is 2. The number of carbonyl (C=O) groups excluding carboxylic acids is 3. The van der Waals surface area contributed by atoms with Crippen LogP contribution < -0.4 is 9.64 Å². The Morgan fingerprint density at radius 3 is 2.70 bits per heavy atom. The van der Waals surface area contributed by atoms with E-state index < -0.39 is 35.2 Å². The van der Waals surface area contributed by atoms with Crippen LogP contribution in [0, 0.1) is 11.7 Å². The lowest BCUT2D eigenvalue weighted by molar-refractivity contribution is -0.144. The van der Waals surface area contributed by atoms with E-state index in [-0.39, 0.29) is 71.3 Å². The van der Waals surface area contributed by atoms with Crippen LogP contribution in [-0.4, -0.2) is 89.2 Å². The lowest BCUT2D eigenvalue weighted by Gasteiger charge is -2.40. The molecule has 1 aromatic heterocycles. The Morgan fingerprint density at radius 2 is 2.02 bits per heavy atom. The molecule has 0 spiro atoms. The summed E-state index contributed by atoms with van der Waals surface area (Å²) in [6, 6.07) is 3.35. The normalized spacial score (nSPS) is 21.7. The average Bonchev–Trinajstić information content (AvgIpc) is 3.17. The molecule has 0 saturated carbocycles. The van der Waals surface area contributed by atoms with E-state index in [0.29, 0.717) is 13.0 Å². The van der Waals surface area contributed by atoms with Gasteiger partial charge in [0.2, 0.25) is 5.91 Å². The number of amides is 2. The highest BCUT2D eigenvalue weighted by Crippen LogP contribution is 2.48. The molecule has 2 atom stereocenters. The van der Waals surface area contributed by atoms with Crippen molar-refractivity contribution >= 4 is 35.2 Å². The largest absolute Gasteiger partial charge is 0.507 e. The van der Waals surface area contributed by atoms with Crippen LogP contribution >= 0.6 is 11.6 Å². The summed E-state index contributed by atoms with van der Waals surface area (Å²) in [5.74, 6) is -2.54. The quantitative estimate of drug-likeness (QED) is 0.439. The SMILES string of the molecule is C=CC(=O)N1CCN2C(=O)c3c(N4CC(C(=O)OC)CC4(C)C)nc(-c4c(O)cccc4F)c(Cl)c3OC[C@H]2C1. The number of hydrogen-bond donors (Lipinski definition) is 1. The number of phenolic OH excluding ortho intramolecular Hbond substituents is 1. The molecule has 1 N–H and O–H groups in total. The highest BCUT2D eigenvalue weighted by Gasteiger charge is 2.47. The van der Waals surface area contributed by atoms with Crippen molar-refractivity contribution in [3.05, 3.63) is 47.3 Å². The van der Waals surface area contributed by atoms with Gasteiger partial charge < -0.3 is 29.3 Å². The second-order valence-corrected chi connectivity index (χ2v) is 11.1. The van der Waals surface area contributed by atoms with Crippen molar-refractivity contribution in [1.82, 2.24) is 14.8 Å². The fourth-order valence-corrected chi connectivity index (χ4v) is 6.11. The molecule has 4 heterocycles. The van der Waals surface area contributed by atoms with E-state index in [4.69, 9.17) is 26.1 Å². The van der Waals surface area contributed by atoms with E-state index in [1.54, 1.807) is 9.80 Å². The molecule has 2 amide bonds. The molecular formula is C28H30ClFN4O6. The van der Waals surface area contributed by atoms with Gasteiger partial charge >= 0.3 is 5.97 Å². The number of nitrogens with zero attached hydrogens (tertiary/aromatic N) is 4. The van der Waals surface area contributed by atoms with Crippen LogP contribution in [0.2, 0.25) is 5.02 Å². The molecule has 2 fully saturated rings. The minimum atomic E-state index is -0.760. The molecular weight excluding hydrogens is 543 g/mol. The summed E-state index contributed by atoms with van der Waals surface area (Å²) in [5.41, 5.74) is -0.921. The summed E-state index contributed by atoms with van der Waals surface area (Å²) in [6.07, 6.45) is 1.64. The van der Waals surface area contributed by atoms with E-state index in [1.807, 2.05) is 18.7 Å². The zero-order chi connectivity index (χ0) is 28.9. The summed E-state index contributed by atoms with van der Waals surface area (Å²) >= 11 is 6.79. The number of hydrogen-bond acceptors (Lipinski definition) is 8. The van der Waals surface area contributed by atoms with Gasteiger partial charge in [-0.05, 0) is 38.5 Å². The number of esters is 1. The molecule has 10 nitrogen and oxygen atoms in total. The number of piperazine rings is 1. The molecule has 2 aromatic rings. The fraction of sp³-hybridized carbons (Fsp3) is 0.429. The molecule has 40 heavy (non-hydrogen) atoms. The maximum atomic E-state index is 15.1.